The van der Waals surface area contributed by atoms with Crippen LogP contribution in [-0.2, 0) is 0 Å². The van der Waals surface area contributed by atoms with Crippen molar-refractivity contribution in [3.63, 3.8) is 0 Å². The molecule has 0 aliphatic rings. The van der Waals surface area contributed by atoms with Crippen molar-refractivity contribution in [1.29, 1.82) is 5.26 Å². The lowest BCUT2D eigenvalue weighted by Crippen LogP contribution is -2.26. The SMILES string of the molecule is CC(C)(CO)CNc1snc(N)c1C#N. The maximum atomic E-state index is 9.06. The summed E-state index contributed by atoms with van der Waals surface area (Å²) in [6, 6.07) is 2.00. The van der Waals surface area contributed by atoms with Crippen LogP contribution in [0.2, 0.25) is 0 Å². The molecule has 4 N–H and O–H groups in total. The maximum absolute atomic E-state index is 9.06. The third kappa shape index (κ3) is 2.81. The van der Waals surface area contributed by atoms with Gasteiger partial charge < -0.3 is 16.2 Å². The second-order valence-corrected chi connectivity index (χ2v) is 4.83. The van der Waals surface area contributed by atoms with Crippen LogP contribution in [0.3, 0.4) is 0 Å². The molecule has 82 valence electrons. The molecule has 0 fully saturated rings. The summed E-state index contributed by atoms with van der Waals surface area (Å²) in [6.07, 6.45) is 0. The number of aromatic nitrogens is 1. The van der Waals surface area contributed by atoms with Crippen molar-refractivity contribution in [3.05, 3.63) is 5.56 Å². The van der Waals surface area contributed by atoms with E-state index in [-0.39, 0.29) is 17.8 Å². The molecular formula is C9H14N4OS. The van der Waals surface area contributed by atoms with E-state index in [4.69, 9.17) is 16.1 Å². The van der Waals surface area contributed by atoms with E-state index in [9.17, 15) is 0 Å². The monoisotopic (exact) mass is 226 g/mol. The van der Waals surface area contributed by atoms with E-state index in [1.165, 1.54) is 0 Å². The number of hydrogen-bond donors (Lipinski definition) is 3. The molecular weight excluding hydrogens is 212 g/mol. The zero-order chi connectivity index (χ0) is 11.5. The van der Waals surface area contributed by atoms with Gasteiger partial charge in [0.2, 0.25) is 0 Å². The van der Waals surface area contributed by atoms with Crippen LogP contribution in [0.1, 0.15) is 19.4 Å². The standard InChI is InChI=1S/C9H14N4OS/c1-9(2,5-14)4-12-8-6(3-10)7(11)13-15-8/h12,14H,4-5H2,1-2H3,(H2,11,13). The molecule has 6 heteroatoms. The molecule has 1 aromatic rings. The number of aliphatic hydroxyl groups is 1. The highest BCUT2D eigenvalue weighted by Gasteiger charge is 2.18. The Morgan fingerprint density at radius 2 is 2.33 bits per heavy atom. The molecule has 5 nitrogen and oxygen atoms in total. The van der Waals surface area contributed by atoms with Crippen molar-refractivity contribution in [2.45, 2.75) is 13.8 Å². The fraction of sp³-hybridized carbons (Fsp3) is 0.556. The Balaban J connectivity index is 2.71. The lowest BCUT2D eigenvalue weighted by molar-refractivity contribution is 0.171. The van der Waals surface area contributed by atoms with Crippen molar-refractivity contribution < 1.29 is 5.11 Å². The van der Waals surface area contributed by atoms with Gasteiger partial charge in [0.25, 0.3) is 0 Å². The van der Waals surface area contributed by atoms with Crippen molar-refractivity contribution in [3.8, 4) is 6.07 Å². The number of aliphatic hydroxyl groups excluding tert-OH is 1. The highest BCUT2D eigenvalue weighted by Crippen LogP contribution is 2.27. The van der Waals surface area contributed by atoms with Crippen LogP contribution in [0, 0.1) is 16.7 Å². The van der Waals surface area contributed by atoms with E-state index in [1.54, 1.807) is 0 Å². The molecule has 0 atom stereocenters. The predicted octanol–water partition coefficient (Wildman–Crippen LogP) is 1.03. The summed E-state index contributed by atoms with van der Waals surface area (Å²) in [7, 11) is 0. The number of nitrogens with two attached hydrogens (primary N) is 1. The summed E-state index contributed by atoms with van der Waals surface area (Å²) in [5.41, 5.74) is 5.66. The molecule has 0 bridgehead atoms. The summed E-state index contributed by atoms with van der Waals surface area (Å²) in [4.78, 5) is 0. The lowest BCUT2D eigenvalue weighted by atomic mass is 9.95. The van der Waals surface area contributed by atoms with Crippen molar-refractivity contribution in [2.24, 2.45) is 5.41 Å². The van der Waals surface area contributed by atoms with Crippen molar-refractivity contribution >= 4 is 22.4 Å². The summed E-state index contributed by atoms with van der Waals surface area (Å²) in [5, 5.41) is 21.6. The van der Waals surface area contributed by atoms with Gasteiger partial charge in [-0.2, -0.15) is 9.64 Å². The Hall–Kier alpha value is -1.32. The van der Waals surface area contributed by atoms with Gasteiger partial charge in [0, 0.05) is 18.6 Å². The Bertz CT molecular complexity index is 380. The van der Waals surface area contributed by atoms with Crippen LogP contribution in [0.15, 0.2) is 0 Å². The third-order valence-corrected chi connectivity index (χ3v) is 2.80. The number of hydrogen-bond acceptors (Lipinski definition) is 6. The molecule has 0 aromatic carbocycles. The van der Waals surface area contributed by atoms with E-state index in [0.29, 0.717) is 17.1 Å². The average Bonchev–Trinajstić information content (AvgIpc) is 2.56. The Morgan fingerprint density at radius 1 is 1.67 bits per heavy atom. The first-order valence-electron chi connectivity index (χ1n) is 4.50. The molecule has 0 radical (unpaired) electrons. The van der Waals surface area contributed by atoms with Crippen molar-refractivity contribution in [1.82, 2.24) is 4.37 Å². The molecule has 0 aliphatic carbocycles. The first kappa shape index (κ1) is 11.8. The summed E-state index contributed by atoms with van der Waals surface area (Å²) in [5.74, 6) is 0.256. The van der Waals surface area contributed by atoms with Crippen LogP contribution >= 0.6 is 11.5 Å². The van der Waals surface area contributed by atoms with Gasteiger partial charge in [-0.25, -0.2) is 0 Å². The van der Waals surface area contributed by atoms with Gasteiger partial charge in [-0.15, -0.1) is 0 Å². The number of nitrogens with zero attached hydrogens (tertiary/aromatic N) is 2. The van der Waals surface area contributed by atoms with Gasteiger partial charge in [-0.1, -0.05) is 13.8 Å². The van der Waals surface area contributed by atoms with Crippen LogP contribution < -0.4 is 11.1 Å². The molecule has 1 aromatic heterocycles. The summed E-state index contributed by atoms with van der Waals surface area (Å²) < 4.78 is 3.89. The number of nitrogens with one attached hydrogen (secondary N) is 1. The topological polar surface area (TPSA) is 95.0 Å². The normalized spacial score (nSPS) is 11.1. The van der Waals surface area contributed by atoms with Crippen LogP contribution in [-0.4, -0.2) is 22.6 Å². The smallest absolute Gasteiger partial charge is 0.157 e. The molecule has 0 saturated heterocycles. The van der Waals surface area contributed by atoms with Gasteiger partial charge in [0.1, 0.15) is 16.6 Å². The first-order valence-corrected chi connectivity index (χ1v) is 5.27. The van der Waals surface area contributed by atoms with Gasteiger partial charge >= 0.3 is 0 Å². The number of anilines is 2. The molecule has 0 aliphatic heterocycles. The van der Waals surface area contributed by atoms with Gasteiger partial charge in [0.05, 0.1) is 0 Å². The highest BCUT2D eigenvalue weighted by atomic mass is 32.1. The maximum Gasteiger partial charge on any atom is 0.157 e. The second kappa shape index (κ2) is 4.47. The van der Waals surface area contributed by atoms with Gasteiger partial charge in [-0.05, 0) is 11.5 Å². The Kier molecular flexibility index (Phi) is 3.50. The zero-order valence-corrected chi connectivity index (χ0v) is 9.56. The van der Waals surface area contributed by atoms with E-state index < -0.39 is 0 Å². The third-order valence-electron chi connectivity index (χ3n) is 1.99. The Morgan fingerprint density at radius 3 is 2.87 bits per heavy atom. The van der Waals surface area contributed by atoms with Crippen molar-refractivity contribution in [2.75, 3.05) is 24.2 Å². The number of nitriles is 1. The minimum atomic E-state index is -0.231. The first-order chi connectivity index (χ1) is 7.00. The second-order valence-electron chi connectivity index (χ2n) is 4.06. The minimum Gasteiger partial charge on any atom is -0.396 e. The van der Waals surface area contributed by atoms with Gasteiger partial charge in [-0.3, -0.25) is 0 Å². The quantitative estimate of drug-likeness (QED) is 0.712. The summed E-state index contributed by atoms with van der Waals surface area (Å²) in [6.45, 7) is 4.50. The molecule has 15 heavy (non-hydrogen) atoms. The fourth-order valence-electron chi connectivity index (χ4n) is 0.907. The largest absolute Gasteiger partial charge is 0.396 e. The molecule has 1 rings (SSSR count). The highest BCUT2D eigenvalue weighted by molar-refractivity contribution is 7.10. The van der Waals surface area contributed by atoms with Gasteiger partial charge in [0.15, 0.2) is 5.82 Å². The average molecular weight is 226 g/mol. The lowest BCUT2D eigenvalue weighted by Gasteiger charge is -2.21. The van der Waals surface area contributed by atoms with E-state index in [0.717, 1.165) is 11.5 Å². The van der Waals surface area contributed by atoms with Crippen LogP contribution in [0.5, 0.6) is 0 Å². The van der Waals surface area contributed by atoms with Crippen LogP contribution in [0.25, 0.3) is 0 Å². The Labute approximate surface area is 92.7 Å². The molecule has 0 unspecified atom stereocenters. The van der Waals surface area contributed by atoms with Crippen LogP contribution in [0.4, 0.5) is 10.8 Å². The predicted molar refractivity (Wildman–Crippen MR) is 60.6 cm³/mol. The molecule has 0 amide bonds. The van der Waals surface area contributed by atoms with E-state index in [1.807, 2.05) is 19.9 Å². The number of rotatable bonds is 4. The molecule has 0 spiro atoms. The fourth-order valence-corrected chi connectivity index (χ4v) is 1.57. The molecule has 1 heterocycles. The minimum absolute atomic E-state index is 0.0795. The zero-order valence-electron chi connectivity index (χ0n) is 8.74. The summed E-state index contributed by atoms with van der Waals surface area (Å²) >= 11 is 1.16. The molecule has 0 saturated carbocycles. The van der Waals surface area contributed by atoms with E-state index >= 15 is 0 Å². The van der Waals surface area contributed by atoms with E-state index in [2.05, 4.69) is 9.69 Å². The number of nitrogen functional groups attached to an aromatic ring is 1.